The van der Waals surface area contributed by atoms with Gasteiger partial charge in [0, 0.05) is 36.7 Å². The third-order valence-electron chi connectivity index (χ3n) is 5.30. The van der Waals surface area contributed by atoms with Crippen LogP contribution in [0, 0.1) is 18.8 Å². The number of aromatic nitrogens is 1. The van der Waals surface area contributed by atoms with Crippen LogP contribution in [-0.4, -0.2) is 43.5 Å². The molecule has 2 atom stereocenters. The molecule has 1 aromatic heterocycles. The Hall–Kier alpha value is -1.37. The van der Waals surface area contributed by atoms with E-state index in [-0.39, 0.29) is 0 Å². The molecule has 3 heterocycles. The molecule has 5 nitrogen and oxygen atoms in total. The molecule has 2 aliphatic heterocycles. The van der Waals surface area contributed by atoms with Crippen LogP contribution in [0.3, 0.4) is 0 Å². The maximum atomic E-state index is 13.2. The number of nitrogens with one attached hydrogen (secondary N) is 1. The van der Waals surface area contributed by atoms with Crippen molar-refractivity contribution >= 4 is 20.9 Å². The smallest absolute Gasteiger partial charge is 0.245 e. The van der Waals surface area contributed by atoms with Crippen molar-refractivity contribution in [2.24, 2.45) is 18.9 Å². The van der Waals surface area contributed by atoms with Crippen molar-refractivity contribution in [3.8, 4) is 0 Å². The van der Waals surface area contributed by atoms with Gasteiger partial charge < -0.3 is 9.88 Å². The first-order chi connectivity index (χ1) is 10.5. The number of rotatable bonds is 2. The predicted octanol–water partition coefficient (Wildman–Crippen LogP) is 1.33. The highest BCUT2D eigenvalue weighted by Gasteiger charge is 2.42. The second kappa shape index (κ2) is 4.81. The van der Waals surface area contributed by atoms with Crippen LogP contribution >= 0.6 is 0 Å². The van der Waals surface area contributed by atoms with Gasteiger partial charge in [-0.1, -0.05) is 18.2 Å². The summed E-state index contributed by atoms with van der Waals surface area (Å²) in [6, 6.07) is 7.74. The highest BCUT2D eigenvalue weighted by Crippen LogP contribution is 2.35. The van der Waals surface area contributed by atoms with E-state index in [9.17, 15) is 8.42 Å². The second-order valence-corrected chi connectivity index (χ2v) is 8.37. The van der Waals surface area contributed by atoms with Crippen LogP contribution in [0.15, 0.2) is 29.2 Å². The molecule has 118 valence electrons. The zero-order valence-electron chi connectivity index (χ0n) is 12.9. The second-order valence-electron chi connectivity index (χ2n) is 6.49. The molecule has 2 aromatic rings. The van der Waals surface area contributed by atoms with E-state index >= 15 is 0 Å². The van der Waals surface area contributed by atoms with Crippen LogP contribution in [0.2, 0.25) is 0 Å². The maximum absolute atomic E-state index is 13.2. The van der Waals surface area contributed by atoms with Crippen LogP contribution in [0.4, 0.5) is 0 Å². The quantitative estimate of drug-likeness (QED) is 0.908. The molecule has 1 N–H and O–H groups in total. The van der Waals surface area contributed by atoms with Crippen LogP contribution < -0.4 is 5.32 Å². The highest BCUT2D eigenvalue weighted by atomic mass is 32.2. The number of sulfonamides is 1. The summed E-state index contributed by atoms with van der Waals surface area (Å²) in [6.45, 7) is 5.05. The normalized spacial score (nSPS) is 25.9. The van der Waals surface area contributed by atoms with E-state index in [0.717, 1.165) is 29.7 Å². The molecule has 22 heavy (non-hydrogen) atoms. The minimum absolute atomic E-state index is 0.463. The molecule has 0 aliphatic carbocycles. The van der Waals surface area contributed by atoms with E-state index in [2.05, 4.69) is 5.32 Å². The summed E-state index contributed by atoms with van der Waals surface area (Å²) in [5.74, 6) is 0.926. The van der Waals surface area contributed by atoms with Crippen LogP contribution in [0.1, 0.15) is 5.69 Å². The number of nitrogens with zero attached hydrogens (tertiary/aromatic N) is 2. The topological polar surface area (TPSA) is 54.3 Å². The fraction of sp³-hybridized carbons (Fsp3) is 0.500. The summed E-state index contributed by atoms with van der Waals surface area (Å²) in [5.41, 5.74) is 1.79. The molecule has 0 saturated carbocycles. The highest BCUT2D eigenvalue weighted by molar-refractivity contribution is 7.89. The zero-order chi connectivity index (χ0) is 15.5. The lowest BCUT2D eigenvalue weighted by Gasteiger charge is -2.18. The third kappa shape index (κ3) is 1.87. The van der Waals surface area contributed by atoms with Crippen molar-refractivity contribution in [2.45, 2.75) is 11.8 Å². The van der Waals surface area contributed by atoms with Crippen molar-refractivity contribution in [2.75, 3.05) is 26.2 Å². The molecular formula is C16H21N3O2S. The molecule has 4 rings (SSSR count). The first kappa shape index (κ1) is 14.2. The summed E-state index contributed by atoms with van der Waals surface area (Å²) in [5, 5.41) is 4.19. The van der Waals surface area contributed by atoms with Gasteiger partial charge in [0.15, 0.2) is 0 Å². The molecule has 0 radical (unpaired) electrons. The Morgan fingerprint density at radius 3 is 2.45 bits per heavy atom. The molecule has 2 saturated heterocycles. The third-order valence-corrected chi connectivity index (χ3v) is 7.30. The summed E-state index contributed by atoms with van der Waals surface area (Å²) < 4.78 is 30.1. The van der Waals surface area contributed by atoms with E-state index in [1.165, 1.54) is 0 Å². The van der Waals surface area contributed by atoms with Gasteiger partial charge in [-0.15, -0.1) is 0 Å². The number of hydrogen-bond acceptors (Lipinski definition) is 3. The lowest BCUT2D eigenvalue weighted by atomic mass is 10.0. The van der Waals surface area contributed by atoms with E-state index < -0.39 is 10.0 Å². The van der Waals surface area contributed by atoms with E-state index in [4.69, 9.17) is 0 Å². The largest absolute Gasteiger partial charge is 0.347 e. The summed E-state index contributed by atoms with van der Waals surface area (Å²) in [6.07, 6.45) is 0. The van der Waals surface area contributed by atoms with Gasteiger partial charge in [-0.3, -0.25) is 0 Å². The Morgan fingerprint density at radius 1 is 1.14 bits per heavy atom. The van der Waals surface area contributed by atoms with E-state index in [1.807, 2.05) is 42.8 Å². The number of benzene rings is 1. The number of para-hydroxylation sites is 1. The minimum Gasteiger partial charge on any atom is -0.347 e. The Bertz CT molecular complexity index is 828. The summed E-state index contributed by atoms with van der Waals surface area (Å²) >= 11 is 0. The Balaban J connectivity index is 1.83. The number of aryl methyl sites for hydroxylation is 1. The first-order valence-corrected chi connectivity index (χ1v) is 9.19. The van der Waals surface area contributed by atoms with Gasteiger partial charge in [0.05, 0.1) is 0 Å². The SMILES string of the molecule is Cc1c(S(=O)(=O)N2C[C@H]3CNC[C@H]3C2)c2ccccc2n1C. The number of fused-ring (bicyclic) bond motifs is 2. The molecule has 6 heteroatoms. The van der Waals surface area contributed by atoms with Gasteiger partial charge >= 0.3 is 0 Å². The van der Waals surface area contributed by atoms with Gasteiger partial charge in [-0.25, -0.2) is 8.42 Å². The summed E-state index contributed by atoms with van der Waals surface area (Å²) in [7, 11) is -1.50. The average Bonchev–Trinajstić information content (AvgIpc) is 3.13. The Kier molecular flexibility index (Phi) is 3.11. The van der Waals surface area contributed by atoms with Gasteiger partial charge in [0.2, 0.25) is 10.0 Å². The van der Waals surface area contributed by atoms with E-state index in [0.29, 0.717) is 29.8 Å². The van der Waals surface area contributed by atoms with Gasteiger partial charge in [-0.05, 0) is 37.9 Å². The first-order valence-electron chi connectivity index (χ1n) is 7.75. The molecule has 2 aliphatic rings. The fourth-order valence-electron chi connectivity index (χ4n) is 3.95. The van der Waals surface area contributed by atoms with Gasteiger partial charge in [0.25, 0.3) is 0 Å². The molecule has 0 amide bonds. The molecule has 0 bridgehead atoms. The molecular weight excluding hydrogens is 298 g/mol. The van der Waals surface area contributed by atoms with Crippen LogP contribution in [0.5, 0.6) is 0 Å². The van der Waals surface area contributed by atoms with Crippen molar-refractivity contribution in [1.29, 1.82) is 0 Å². The van der Waals surface area contributed by atoms with Gasteiger partial charge in [-0.2, -0.15) is 4.31 Å². The lowest BCUT2D eigenvalue weighted by Crippen LogP contribution is -2.32. The van der Waals surface area contributed by atoms with Crippen LogP contribution in [0.25, 0.3) is 10.9 Å². The Morgan fingerprint density at radius 2 is 1.77 bits per heavy atom. The Labute approximate surface area is 131 Å². The van der Waals surface area contributed by atoms with Gasteiger partial charge in [0.1, 0.15) is 4.90 Å². The molecule has 0 unspecified atom stereocenters. The average molecular weight is 319 g/mol. The predicted molar refractivity (Wildman–Crippen MR) is 86.3 cm³/mol. The molecule has 2 fully saturated rings. The monoisotopic (exact) mass is 319 g/mol. The minimum atomic E-state index is -3.43. The summed E-state index contributed by atoms with van der Waals surface area (Å²) in [4.78, 5) is 0.485. The zero-order valence-corrected chi connectivity index (χ0v) is 13.7. The standard InChI is InChI=1S/C16H21N3O2S/c1-11-16(14-5-3-4-6-15(14)18(11)2)22(20,21)19-9-12-7-17-8-13(12)10-19/h3-6,12-13,17H,7-10H2,1-2H3/t12-,13+. The van der Waals surface area contributed by atoms with Crippen molar-refractivity contribution in [3.63, 3.8) is 0 Å². The molecule has 0 spiro atoms. The van der Waals surface area contributed by atoms with Crippen molar-refractivity contribution in [1.82, 2.24) is 14.2 Å². The lowest BCUT2D eigenvalue weighted by molar-refractivity contribution is 0.448. The van der Waals surface area contributed by atoms with Crippen molar-refractivity contribution in [3.05, 3.63) is 30.0 Å². The number of hydrogen-bond donors (Lipinski definition) is 1. The fourth-order valence-corrected chi connectivity index (χ4v) is 5.94. The van der Waals surface area contributed by atoms with E-state index in [1.54, 1.807) is 4.31 Å². The van der Waals surface area contributed by atoms with Crippen molar-refractivity contribution < 1.29 is 8.42 Å². The maximum Gasteiger partial charge on any atom is 0.245 e. The molecule has 1 aromatic carbocycles. The van der Waals surface area contributed by atoms with Crippen LogP contribution in [-0.2, 0) is 17.1 Å².